The van der Waals surface area contributed by atoms with Crippen molar-refractivity contribution in [2.45, 2.75) is 419 Å². The zero-order valence-corrected chi connectivity index (χ0v) is 53.2. The van der Waals surface area contributed by atoms with Gasteiger partial charge in [-0.1, -0.05) is 360 Å². The van der Waals surface area contributed by atoms with Crippen molar-refractivity contribution in [3.63, 3.8) is 0 Å². The van der Waals surface area contributed by atoms with Crippen LogP contribution in [-0.4, -0.2) is 37.2 Å². The molecule has 0 aromatic rings. The molecule has 0 bridgehead atoms. The normalized spacial score (nSPS) is 12.0. The van der Waals surface area contributed by atoms with Crippen LogP contribution in [0.5, 0.6) is 0 Å². The number of hydrogen-bond donors (Lipinski definition) is 0. The summed E-state index contributed by atoms with van der Waals surface area (Å²) in [6.45, 7) is 6.71. The molecule has 0 amide bonds. The Morgan fingerprint density at radius 3 is 0.641 bits per heavy atom. The number of rotatable bonds is 67. The Labute approximate surface area is 488 Å². The van der Waals surface area contributed by atoms with Crippen LogP contribution in [0.25, 0.3) is 0 Å². The van der Waals surface area contributed by atoms with Gasteiger partial charge in [-0.15, -0.1) is 0 Å². The van der Waals surface area contributed by atoms with E-state index in [1.54, 1.807) is 0 Å². The first-order chi connectivity index (χ1) is 38.5. The summed E-state index contributed by atoms with van der Waals surface area (Å²) >= 11 is 0. The molecule has 1 atom stereocenters. The Hall–Kier alpha value is -1.85. The van der Waals surface area contributed by atoms with Crippen LogP contribution in [0.3, 0.4) is 0 Å². The molecule has 0 aliphatic carbocycles. The van der Waals surface area contributed by atoms with Crippen molar-refractivity contribution in [1.29, 1.82) is 0 Å². The molecule has 0 N–H and O–H groups in total. The van der Waals surface area contributed by atoms with Crippen molar-refractivity contribution in [2.75, 3.05) is 13.2 Å². The SMILES string of the molecule is CCCCCCCC/C=C\CCCCCCCC(=O)OC(COC(=O)CCCCCCCCCCCCCCC)COC(=O)CCCCCCCCCCCCCCCCCCCCCCCCCCCCCCCCCC. The summed E-state index contributed by atoms with van der Waals surface area (Å²) in [5, 5.41) is 0. The van der Waals surface area contributed by atoms with E-state index in [4.69, 9.17) is 14.2 Å². The first-order valence-corrected chi connectivity index (χ1v) is 35.7. The fourth-order valence-corrected chi connectivity index (χ4v) is 11.2. The van der Waals surface area contributed by atoms with Gasteiger partial charge in [0.1, 0.15) is 13.2 Å². The van der Waals surface area contributed by atoms with E-state index in [1.807, 2.05) is 0 Å². The molecule has 0 fully saturated rings. The molecule has 0 aliphatic rings. The largest absolute Gasteiger partial charge is 0.462 e. The van der Waals surface area contributed by atoms with Gasteiger partial charge in [0, 0.05) is 19.3 Å². The van der Waals surface area contributed by atoms with Crippen LogP contribution in [0, 0.1) is 0 Å². The predicted molar refractivity (Wildman–Crippen MR) is 340 cm³/mol. The van der Waals surface area contributed by atoms with Crippen molar-refractivity contribution >= 4 is 17.9 Å². The zero-order chi connectivity index (χ0) is 56.4. The van der Waals surface area contributed by atoms with Gasteiger partial charge in [-0.3, -0.25) is 14.4 Å². The minimum Gasteiger partial charge on any atom is -0.462 e. The maximum atomic E-state index is 12.9. The molecule has 0 aromatic heterocycles. The first kappa shape index (κ1) is 76.1. The molecule has 0 heterocycles. The highest BCUT2D eigenvalue weighted by Gasteiger charge is 2.19. The molecule has 462 valence electrons. The van der Waals surface area contributed by atoms with Crippen LogP contribution >= 0.6 is 0 Å². The number of esters is 3. The Kier molecular flexibility index (Phi) is 66.0. The maximum Gasteiger partial charge on any atom is 0.306 e. The lowest BCUT2D eigenvalue weighted by Gasteiger charge is -2.18. The fourth-order valence-electron chi connectivity index (χ4n) is 11.2. The van der Waals surface area contributed by atoms with E-state index in [1.165, 1.54) is 308 Å². The lowest BCUT2D eigenvalue weighted by atomic mass is 10.0. The quantitative estimate of drug-likeness (QED) is 0.0261. The van der Waals surface area contributed by atoms with Crippen LogP contribution in [0.1, 0.15) is 412 Å². The van der Waals surface area contributed by atoms with Gasteiger partial charge in [0.25, 0.3) is 0 Å². The highest BCUT2D eigenvalue weighted by atomic mass is 16.6. The van der Waals surface area contributed by atoms with Gasteiger partial charge in [0.05, 0.1) is 0 Å². The monoisotopic (exact) mass is 1100 g/mol. The zero-order valence-electron chi connectivity index (χ0n) is 53.2. The Balaban J connectivity index is 4.07. The van der Waals surface area contributed by atoms with Gasteiger partial charge in [-0.2, -0.15) is 0 Å². The second kappa shape index (κ2) is 67.7. The second-order valence-electron chi connectivity index (χ2n) is 24.5. The summed E-state index contributed by atoms with van der Waals surface area (Å²) in [7, 11) is 0. The standard InChI is InChI=1S/C72H138O6/c1-4-7-10-13-16-19-22-25-27-28-29-30-31-32-33-34-35-36-37-38-39-40-41-42-43-45-47-50-53-56-59-62-65-71(74)77-68-69(67-76-70(73)64-61-58-55-52-49-46-24-21-18-15-12-9-6-3)78-72(75)66-63-60-57-54-51-48-44-26-23-20-17-14-11-8-5-2/h26,44,69H,4-25,27-43,45-68H2,1-3H3/b44-26-. The van der Waals surface area contributed by atoms with E-state index >= 15 is 0 Å². The molecule has 0 aliphatic heterocycles. The van der Waals surface area contributed by atoms with Crippen LogP contribution in [-0.2, 0) is 28.6 Å². The molecule has 0 spiro atoms. The third-order valence-corrected chi connectivity index (χ3v) is 16.5. The third kappa shape index (κ3) is 65.0. The summed E-state index contributed by atoms with van der Waals surface area (Å²) in [5.74, 6) is -0.844. The average Bonchev–Trinajstić information content (AvgIpc) is 3.44. The van der Waals surface area contributed by atoms with Gasteiger partial charge >= 0.3 is 17.9 Å². The topological polar surface area (TPSA) is 78.9 Å². The molecule has 78 heavy (non-hydrogen) atoms. The molecule has 0 rings (SSSR count). The smallest absolute Gasteiger partial charge is 0.306 e. The van der Waals surface area contributed by atoms with E-state index < -0.39 is 6.10 Å². The Bertz CT molecular complexity index is 1210. The van der Waals surface area contributed by atoms with Gasteiger partial charge in [0.15, 0.2) is 6.10 Å². The van der Waals surface area contributed by atoms with E-state index in [0.717, 1.165) is 64.2 Å². The van der Waals surface area contributed by atoms with Crippen LogP contribution in [0.15, 0.2) is 12.2 Å². The van der Waals surface area contributed by atoms with Crippen molar-refractivity contribution < 1.29 is 28.6 Å². The maximum absolute atomic E-state index is 12.9. The molecule has 1 unspecified atom stereocenters. The number of unbranched alkanes of at least 4 members (excludes halogenated alkanes) is 54. The average molecular weight is 1100 g/mol. The number of carbonyl (C=O) groups excluding carboxylic acids is 3. The summed E-state index contributed by atoms with van der Waals surface area (Å²) in [6, 6.07) is 0. The lowest BCUT2D eigenvalue weighted by molar-refractivity contribution is -0.167. The molecule has 6 heteroatoms. The van der Waals surface area contributed by atoms with E-state index in [9.17, 15) is 14.4 Å². The van der Waals surface area contributed by atoms with Crippen molar-refractivity contribution in [3.05, 3.63) is 12.2 Å². The first-order valence-electron chi connectivity index (χ1n) is 35.7. The Morgan fingerprint density at radius 1 is 0.244 bits per heavy atom. The number of hydrogen-bond acceptors (Lipinski definition) is 6. The number of allylic oxidation sites excluding steroid dienone is 2. The summed E-state index contributed by atoms with van der Waals surface area (Å²) in [6.07, 6.45) is 81.2. The van der Waals surface area contributed by atoms with Crippen LogP contribution < -0.4 is 0 Å². The highest BCUT2D eigenvalue weighted by Crippen LogP contribution is 2.19. The highest BCUT2D eigenvalue weighted by molar-refractivity contribution is 5.71. The van der Waals surface area contributed by atoms with Gasteiger partial charge in [-0.05, 0) is 44.9 Å². The summed E-state index contributed by atoms with van der Waals surface area (Å²) in [4.78, 5) is 38.3. The molecule has 6 nitrogen and oxygen atoms in total. The predicted octanol–water partition coefficient (Wildman–Crippen LogP) is 24.4. The molecule has 0 saturated heterocycles. The van der Waals surface area contributed by atoms with Crippen molar-refractivity contribution in [2.24, 2.45) is 0 Å². The van der Waals surface area contributed by atoms with Gasteiger partial charge in [-0.25, -0.2) is 0 Å². The van der Waals surface area contributed by atoms with Gasteiger partial charge < -0.3 is 14.2 Å². The van der Waals surface area contributed by atoms with Crippen LogP contribution in [0.4, 0.5) is 0 Å². The van der Waals surface area contributed by atoms with Crippen LogP contribution in [0.2, 0.25) is 0 Å². The molecule has 0 saturated carbocycles. The Morgan fingerprint density at radius 2 is 0.423 bits per heavy atom. The lowest BCUT2D eigenvalue weighted by Crippen LogP contribution is -2.30. The number of carbonyl (C=O) groups is 3. The van der Waals surface area contributed by atoms with E-state index in [2.05, 4.69) is 32.9 Å². The van der Waals surface area contributed by atoms with Crippen molar-refractivity contribution in [3.8, 4) is 0 Å². The minimum atomic E-state index is -0.770. The molecule has 0 radical (unpaired) electrons. The number of ether oxygens (including phenoxy) is 3. The van der Waals surface area contributed by atoms with E-state index in [0.29, 0.717) is 19.3 Å². The van der Waals surface area contributed by atoms with E-state index in [-0.39, 0.29) is 31.1 Å². The van der Waals surface area contributed by atoms with Gasteiger partial charge in [0.2, 0.25) is 0 Å². The third-order valence-electron chi connectivity index (χ3n) is 16.5. The molecular formula is C72H138O6. The molecule has 0 aromatic carbocycles. The summed E-state index contributed by atoms with van der Waals surface area (Å²) < 4.78 is 17.0. The minimum absolute atomic E-state index is 0.0669. The second-order valence-corrected chi connectivity index (χ2v) is 24.5. The van der Waals surface area contributed by atoms with Crippen molar-refractivity contribution in [1.82, 2.24) is 0 Å². The summed E-state index contributed by atoms with van der Waals surface area (Å²) in [5.41, 5.74) is 0. The molecular weight excluding hydrogens is 961 g/mol. The fraction of sp³-hybridized carbons (Fsp3) is 0.931.